The largest absolute Gasteiger partial charge is 0.489 e. The van der Waals surface area contributed by atoms with E-state index in [1.807, 2.05) is 38.1 Å². The summed E-state index contributed by atoms with van der Waals surface area (Å²) in [5.74, 6) is 0.860. The molecule has 1 aliphatic rings. The number of amides is 2. The zero-order valence-electron chi connectivity index (χ0n) is 15.2. The molecule has 0 aliphatic carbocycles. The van der Waals surface area contributed by atoms with E-state index in [9.17, 15) is 4.79 Å². The number of para-hydroxylation sites is 1. The lowest BCUT2D eigenvalue weighted by Gasteiger charge is -2.37. The van der Waals surface area contributed by atoms with Crippen LogP contribution in [0.25, 0.3) is 0 Å². The first-order chi connectivity index (χ1) is 11.5. The molecule has 1 aromatic rings. The molecule has 2 rings (SSSR count). The summed E-state index contributed by atoms with van der Waals surface area (Å²) in [6.45, 7) is 8.18. The molecule has 134 valence electrons. The predicted octanol–water partition coefficient (Wildman–Crippen LogP) is 1.31. The van der Waals surface area contributed by atoms with Gasteiger partial charge in [-0.25, -0.2) is 4.79 Å². The molecule has 0 bridgehead atoms. The van der Waals surface area contributed by atoms with Gasteiger partial charge >= 0.3 is 6.03 Å². The van der Waals surface area contributed by atoms with Crippen molar-refractivity contribution in [1.82, 2.24) is 20.4 Å². The van der Waals surface area contributed by atoms with Crippen molar-refractivity contribution in [2.24, 2.45) is 0 Å². The zero-order valence-corrected chi connectivity index (χ0v) is 15.2. The number of benzene rings is 1. The third-order valence-corrected chi connectivity index (χ3v) is 4.45. The maximum atomic E-state index is 12.0. The fraction of sp³-hybridized carbons (Fsp3) is 0.611. The van der Waals surface area contributed by atoms with Crippen molar-refractivity contribution in [1.29, 1.82) is 0 Å². The molecule has 0 radical (unpaired) electrons. The number of nitrogens with zero attached hydrogens (tertiary/aromatic N) is 2. The van der Waals surface area contributed by atoms with E-state index in [4.69, 9.17) is 4.74 Å². The Morgan fingerprint density at radius 3 is 2.79 bits per heavy atom. The number of urea groups is 1. The van der Waals surface area contributed by atoms with Crippen molar-refractivity contribution >= 4 is 6.03 Å². The van der Waals surface area contributed by atoms with Crippen LogP contribution in [0.4, 0.5) is 4.79 Å². The van der Waals surface area contributed by atoms with E-state index in [0.717, 1.165) is 30.9 Å². The molecule has 0 aromatic heterocycles. The Labute approximate surface area is 145 Å². The molecule has 2 atom stereocenters. The molecule has 1 aromatic carbocycles. The highest BCUT2D eigenvalue weighted by molar-refractivity contribution is 5.73. The summed E-state index contributed by atoms with van der Waals surface area (Å²) in [7, 11) is 4.22. The van der Waals surface area contributed by atoms with Gasteiger partial charge in [0.25, 0.3) is 0 Å². The maximum Gasteiger partial charge on any atom is 0.314 e. The Hall–Kier alpha value is -1.79. The molecule has 2 amide bonds. The monoisotopic (exact) mass is 334 g/mol. The first-order valence-corrected chi connectivity index (χ1v) is 8.58. The second-order valence-corrected chi connectivity index (χ2v) is 6.68. The number of aryl methyl sites for hydroxylation is 1. The van der Waals surface area contributed by atoms with Crippen molar-refractivity contribution in [2.75, 3.05) is 46.8 Å². The molecular formula is C18H30N4O2. The number of piperazine rings is 1. The number of likely N-dealkylation sites (N-methyl/N-ethyl adjacent to an activating group) is 2. The smallest absolute Gasteiger partial charge is 0.314 e. The number of nitrogens with one attached hydrogen (secondary N) is 2. The van der Waals surface area contributed by atoms with E-state index in [1.54, 1.807) is 0 Å². The molecule has 0 saturated carbocycles. The summed E-state index contributed by atoms with van der Waals surface area (Å²) in [6, 6.07) is 8.11. The van der Waals surface area contributed by atoms with Gasteiger partial charge in [-0.15, -0.1) is 0 Å². The Morgan fingerprint density at radius 2 is 2.04 bits per heavy atom. The molecule has 6 heteroatoms. The van der Waals surface area contributed by atoms with Crippen LogP contribution in [0.2, 0.25) is 0 Å². The molecular weight excluding hydrogens is 304 g/mol. The van der Waals surface area contributed by atoms with Gasteiger partial charge in [-0.1, -0.05) is 18.2 Å². The number of hydrogen-bond acceptors (Lipinski definition) is 4. The lowest BCUT2D eigenvalue weighted by Crippen LogP contribution is -2.55. The van der Waals surface area contributed by atoms with Gasteiger partial charge in [-0.05, 0) is 39.6 Å². The van der Waals surface area contributed by atoms with Gasteiger partial charge in [0, 0.05) is 32.2 Å². The number of rotatable bonds is 6. The summed E-state index contributed by atoms with van der Waals surface area (Å²) in [5, 5.41) is 5.84. The summed E-state index contributed by atoms with van der Waals surface area (Å²) in [4.78, 5) is 16.6. The SMILES string of the molecule is Cc1ccccc1O[C@@H](C)CNC(=O)NC[C@H]1CN(C)CCN1C. The van der Waals surface area contributed by atoms with Crippen molar-refractivity contribution in [3.63, 3.8) is 0 Å². The van der Waals surface area contributed by atoms with Crippen LogP contribution >= 0.6 is 0 Å². The van der Waals surface area contributed by atoms with Crippen molar-refractivity contribution < 1.29 is 9.53 Å². The van der Waals surface area contributed by atoms with Gasteiger partial charge in [0.05, 0.1) is 6.54 Å². The van der Waals surface area contributed by atoms with Crippen molar-refractivity contribution in [2.45, 2.75) is 26.0 Å². The minimum Gasteiger partial charge on any atom is -0.489 e. The van der Waals surface area contributed by atoms with Crippen LogP contribution in [-0.4, -0.2) is 74.8 Å². The van der Waals surface area contributed by atoms with E-state index in [1.165, 1.54) is 0 Å². The Balaban J connectivity index is 1.68. The normalized spacial score (nSPS) is 20.4. The molecule has 1 aliphatic heterocycles. The molecule has 1 fully saturated rings. The fourth-order valence-corrected chi connectivity index (χ4v) is 2.78. The van der Waals surface area contributed by atoms with Gasteiger partial charge in [-0.3, -0.25) is 4.90 Å². The molecule has 0 unspecified atom stereocenters. The standard InChI is InChI=1S/C18H30N4O2/c1-14-7-5-6-8-17(14)24-15(2)11-19-18(23)20-12-16-13-21(3)9-10-22(16)4/h5-8,15-16H,9-13H2,1-4H3,(H2,19,20,23)/t15-,16-/m0/s1. The molecule has 6 nitrogen and oxygen atoms in total. The van der Waals surface area contributed by atoms with Crippen LogP contribution in [0.3, 0.4) is 0 Å². The van der Waals surface area contributed by atoms with Crippen molar-refractivity contribution in [3.05, 3.63) is 29.8 Å². The van der Waals surface area contributed by atoms with Crippen LogP contribution in [0, 0.1) is 6.92 Å². The minimum absolute atomic E-state index is 0.0830. The van der Waals surface area contributed by atoms with E-state index >= 15 is 0 Å². The molecule has 24 heavy (non-hydrogen) atoms. The van der Waals surface area contributed by atoms with Gasteiger partial charge in [0.2, 0.25) is 0 Å². The number of carbonyl (C=O) groups is 1. The Kier molecular flexibility index (Phi) is 6.87. The maximum absolute atomic E-state index is 12.0. The number of carbonyl (C=O) groups excluding carboxylic acids is 1. The number of hydrogen-bond donors (Lipinski definition) is 2. The molecule has 1 saturated heterocycles. The number of ether oxygens (including phenoxy) is 1. The third-order valence-electron chi connectivity index (χ3n) is 4.45. The van der Waals surface area contributed by atoms with Crippen LogP contribution in [0.5, 0.6) is 5.75 Å². The molecule has 0 spiro atoms. The lowest BCUT2D eigenvalue weighted by atomic mass is 10.2. The summed E-state index contributed by atoms with van der Waals surface area (Å²) in [5.41, 5.74) is 1.10. The van der Waals surface area contributed by atoms with Gasteiger partial charge in [0.1, 0.15) is 11.9 Å². The van der Waals surface area contributed by atoms with Crippen LogP contribution in [0.1, 0.15) is 12.5 Å². The van der Waals surface area contributed by atoms with Crippen molar-refractivity contribution in [3.8, 4) is 5.75 Å². The third kappa shape index (κ3) is 5.69. The Bertz CT molecular complexity index is 538. The first-order valence-electron chi connectivity index (χ1n) is 8.58. The first kappa shape index (κ1) is 18.5. The van der Waals surface area contributed by atoms with E-state index in [2.05, 4.69) is 34.5 Å². The highest BCUT2D eigenvalue weighted by Gasteiger charge is 2.22. The minimum atomic E-state index is -0.142. The quantitative estimate of drug-likeness (QED) is 0.824. The van der Waals surface area contributed by atoms with Gasteiger partial charge in [0.15, 0.2) is 0 Å². The average Bonchev–Trinajstić information content (AvgIpc) is 2.56. The topological polar surface area (TPSA) is 56.8 Å². The Morgan fingerprint density at radius 1 is 1.29 bits per heavy atom. The molecule has 2 N–H and O–H groups in total. The fourth-order valence-electron chi connectivity index (χ4n) is 2.78. The van der Waals surface area contributed by atoms with E-state index in [-0.39, 0.29) is 12.1 Å². The van der Waals surface area contributed by atoms with E-state index < -0.39 is 0 Å². The second kappa shape index (κ2) is 8.89. The van der Waals surface area contributed by atoms with Gasteiger partial charge < -0.3 is 20.3 Å². The highest BCUT2D eigenvalue weighted by Crippen LogP contribution is 2.17. The van der Waals surface area contributed by atoms with Crippen LogP contribution in [-0.2, 0) is 0 Å². The second-order valence-electron chi connectivity index (χ2n) is 6.68. The van der Waals surface area contributed by atoms with Crippen LogP contribution in [0.15, 0.2) is 24.3 Å². The van der Waals surface area contributed by atoms with E-state index in [0.29, 0.717) is 19.1 Å². The molecule has 1 heterocycles. The average molecular weight is 334 g/mol. The zero-order chi connectivity index (χ0) is 17.5. The highest BCUT2D eigenvalue weighted by atomic mass is 16.5. The lowest BCUT2D eigenvalue weighted by molar-refractivity contribution is 0.114. The summed E-state index contributed by atoms with van der Waals surface area (Å²) < 4.78 is 5.86. The summed E-state index contributed by atoms with van der Waals surface area (Å²) in [6.07, 6.45) is -0.0830. The van der Waals surface area contributed by atoms with Crippen LogP contribution < -0.4 is 15.4 Å². The predicted molar refractivity (Wildman–Crippen MR) is 96.6 cm³/mol. The summed E-state index contributed by atoms with van der Waals surface area (Å²) >= 11 is 0. The van der Waals surface area contributed by atoms with Gasteiger partial charge in [-0.2, -0.15) is 0 Å².